The van der Waals surface area contributed by atoms with Crippen LogP contribution in [0.1, 0.15) is 5.56 Å². The second-order valence-electron chi connectivity index (χ2n) is 5.32. The largest absolute Gasteiger partial charge is 0.468 e. The number of carbonyl (C=O) groups excluding carboxylic acids is 1. The van der Waals surface area contributed by atoms with Crippen LogP contribution >= 0.6 is 0 Å². The van der Waals surface area contributed by atoms with Gasteiger partial charge in [-0.15, -0.1) is 0 Å². The molecule has 5 heteroatoms. The van der Waals surface area contributed by atoms with E-state index in [9.17, 15) is 4.79 Å². The van der Waals surface area contributed by atoms with Crippen LogP contribution < -0.4 is 10.1 Å². The molecule has 5 nitrogen and oxygen atoms in total. The third-order valence-corrected chi connectivity index (χ3v) is 3.68. The molecular weight excluding hydrogens is 302 g/mol. The maximum Gasteiger partial charge on any atom is 0.329 e. The van der Waals surface area contributed by atoms with Crippen LogP contribution in [-0.4, -0.2) is 29.2 Å². The van der Waals surface area contributed by atoms with E-state index in [1.165, 1.54) is 17.2 Å². The van der Waals surface area contributed by atoms with E-state index >= 15 is 0 Å². The fourth-order valence-corrected chi connectivity index (χ4v) is 2.44. The van der Waals surface area contributed by atoms with Crippen molar-refractivity contribution in [2.75, 3.05) is 13.7 Å². The minimum absolute atomic E-state index is 0.252. The molecule has 0 fully saturated rings. The van der Waals surface area contributed by atoms with Crippen molar-refractivity contribution in [2.45, 2.75) is 6.42 Å². The van der Waals surface area contributed by atoms with Crippen LogP contribution in [0.25, 0.3) is 11.3 Å². The molecule has 0 atom stereocenters. The van der Waals surface area contributed by atoms with Gasteiger partial charge in [0.05, 0.1) is 12.8 Å². The van der Waals surface area contributed by atoms with Gasteiger partial charge in [-0.05, 0) is 12.0 Å². The molecule has 3 aromatic rings. The number of methoxy groups -OCH3 is 1. The molecule has 0 aliphatic rings. The topological polar surface area (TPSA) is 56.2 Å². The smallest absolute Gasteiger partial charge is 0.329 e. The van der Waals surface area contributed by atoms with Crippen LogP contribution in [-0.2, 0) is 6.42 Å². The van der Waals surface area contributed by atoms with Crippen molar-refractivity contribution in [1.29, 1.82) is 0 Å². The molecule has 0 saturated carbocycles. The molecule has 0 bridgehead atoms. The number of amides is 1. The predicted octanol–water partition coefficient (Wildman–Crippen LogP) is 3.36. The van der Waals surface area contributed by atoms with Gasteiger partial charge in [-0.1, -0.05) is 60.7 Å². The lowest BCUT2D eigenvalue weighted by molar-refractivity contribution is 0.238. The maximum atomic E-state index is 12.4. The molecule has 1 N–H and O–H groups in total. The molecule has 0 aliphatic carbocycles. The van der Waals surface area contributed by atoms with Crippen LogP contribution in [0, 0.1) is 0 Å². The van der Waals surface area contributed by atoms with Crippen molar-refractivity contribution in [3.8, 4) is 17.3 Å². The van der Waals surface area contributed by atoms with Gasteiger partial charge < -0.3 is 10.1 Å². The molecule has 0 unspecified atom stereocenters. The number of carbonyl (C=O) groups is 1. The van der Waals surface area contributed by atoms with Gasteiger partial charge >= 0.3 is 12.0 Å². The first-order chi connectivity index (χ1) is 11.8. The normalized spacial score (nSPS) is 10.4. The lowest BCUT2D eigenvalue weighted by Crippen LogP contribution is -2.30. The number of nitrogens with zero attached hydrogens (tertiary/aromatic N) is 2. The van der Waals surface area contributed by atoms with E-state index < -0.39 is 0 Å². The van der Waals surface area contributed by atoms with E-state index in [4.69, 9.17) is 4.74 Å². The first-order valence-electron chi connectivity index (χ1n) is 7.79. The zero-order valence-corrected chi connectivity index (χ0v) is 13.5. The first kappa shape index (κ1) is 15.8. The van der Waals surface area contributed by atoms with E-state index in [1.807, 2.05) is 60.7 Å². The van der Waals surface area contributed by atoms with Gasteiger partial charge in [-0.2, -0.15) is 4.98 Å². The highest BCUT2D eigenvalue weighted by molar-refractivity contribution is 5.79. The number of imidazole rings is 1. The Bertz CT molecular complexity index is 798. The lowest BCUT2D eigenvalue weighted by atomic mass is 10.1. The Kier molecular flexibility index (Phi) is 4.91. The number of ether oxygens (including phenoxy) is 1. The number of hydrogen-bond acceptors (Lipinski definition) is 3. The highest BCUT2D eigenvalue weighted by Crippen LogP contribution is 2.21. The predicted molar refractivity (Wildman–Crippen MR) is 93.2 cm³/mol. The summed E-state index contributed by atoms with van der Waals surface area (Å²) in [6.07, 6.45) is 2.46. The Morgan fingerprint density at radius 1 is 1.08 bits per heavy atom. The highest BCUT2D eigenvalue weighted by atomic mass is 16.5. The Balaban J connectivity index is 1.69. The Labute approximate surface area is 140 Å². The van der Waals surface area contributed by atoms with E-state index in [2.05, 4.69) is 10.3 Å². The number of hydrogen-bond donors (Lipinski definition) is 1. The van der Waals surface area contributed by atoms with E-state index in [0.717, 1.165) is 12.0 Å². The van der Waals surface area contributed by atoms with Crippen molar-refractivity contribution in [3.05, 3.63) is 72.4 Å². The second-order valence-corrected chi connectivity index (χ2v) is 5.32. The third kappa shape index (κ3) is 3.63. The van der Waals surface area contributed by atoms with Crippen LogP contribution in [0.4, 0.5) is 4.79 Å². The van der Waals surface area contributed by atoms with Crippen molar-refractivity contribution in [3.63, 3.8) is 0 Å². The molecule has 2 aromatic carbocycles. The molecule has 122 valence electrons. The van der Waals surface area contributed by atoms with Gasteiger partial charge in [0.15, 0.2) is 0 Å². The molecule has 0 spiro atoms. The van der Waals surface area contributed by atoms with Crippen LogP contribution in [0.2, 0.25) is 0 Å². The van der Waals surface area contributed by atoms with E-state index in [0.29, 0.717) is 12.2 Å². The van der Waals surface area contributed by atoms with E-state index in [-0.39, 0.29) is 12.0 Å². The van der Waals surface area contributed by atoms with Crippen molar-refractivity contribution >= 4 is 6.03 Å². The zero-order chi connectivity index (χ0) is 16.8. The summed E-state index contributed by atoms with van der Waals surface area (Å²) in [4.78, 5) is 16.8. The van der Waals surface area contributed by atoms with Gasteiger partial charge in [-0.3, -0.25) is 0 Å². The average Bonchev–Trinajstić information content (AvgIpc) is 3.08. The molecule has 0 saturated heterocycles. The van der Waals surface area contributed by atoms with Gasteiger partial charge in [0.2, 0.25) is 0 Å². The van der Waals surface area contributed by atoms with Gasteiger partial charge in [-0.25, -0.2) is 9.36 Å². The molecule has 1 heterocycles. The molecule has 0 radical (unpaired) electrons. The van der Waals surface area contributed by atoms with Gasteiger partial charge in [0.25, 0.3) is 0 Å². The minimum Gasteiger partial charge on any atom is -0.468 e. The van der Waals surface area contributed by atoms with Gasteiger partial charge in [0.1, 0.15) is 0 Å². The molecular formula is C19H19N3O2. The average molecular weight is 321 g/mol. The SMILES string of the molecule is COc1nc(-c2ccccc2)cn1C(=O)NCCc1ccccc1. The summed E-state index contributed by atoms with van der Waals surface area (Å²) in [5.41, 5.74) is 2.82. The molecule has 1 aromatic heterocycles. The third-order valence-electron chi connectivity index (χ3n) is 3.68. The fourth-order valence-electron chi connectivity index (χ4n) is 2.44. The monoisotopic (exact) mass is 321 g/mol. The summed E-state index contributed by atoms with van der Waals surface area (Å²) in [5.74, 6) is 0. The summed E-state index contributed by atoms with van der Waals surface area (Å²) in [5, 5.41) is 2.89. The standard InChI is InChI=1S/C19H19N3O2/c1-24-19-21-17(16-10-6-3-7-11-16)14-22(19)18(23)20-13-12-15-8-4-2-5-9-15/h2-11,14H,12-13H2,1H3,(H,20,23). The van der Waals surface area contributed by atoms with Crippen LogP contribution in [0.15, 0.2) is 66.9 Å². The highest BCUT2D eigenvalue weighted by Gasteiger charge is 2.15. The number of benzene rings is 2. The van der Waals surface area contributed by atoms with E-state index in [1.54, 1.807) is 6.20 Å². The zero-order valence-electron chi connectivity index (χ0n) is 13.5. The van der Waals surface area contributed by atoms with Gasteiger partial charge in [0, 0.05) is 18.3 Å². The Hall–Kier alpha value is -3.08. The Morgan fingerprint density at radius 2 is 1.75 bits per heavy atom. The van der Waals surface area contributed by atoms with Crippen LogP contribution in [0.3, 0.4) is 0 Å². The number of aromatic nitrogens is 2. The number of rotatable bonds is 5. The summed E-state index contributed by atoms with van der Waals surface area (Å²) < 4.78 is 6.62. The lowest BCUT2D eigenvalue weighted by Gasteiger charge is -2.07. The molecule has 0 aliphatic heterocycles. The van der Waals surface area contributed by atoms with Crippen LogP contribution in [0.5, 0.6) is 6.01 Å². The maximum absolute atomic E-state index is 12.4. The minimum atomic E-state index is -0.252. The fraction of sp³-hybridized carbons (Fsp3) is 0.158. The molecule has 1 amide bonds. The summed E-state index contributed by atoms with van der Waals surface area (Å²) in [6, 6.07) is 19.7. The second kappa shape index (κ2) is 7.46. The number of nitrogens with one attached hydrogen (secondary N) is 1. The molecule has 3 rings (SSSR count). The summed E-state index contributed by atoms with van der Waals surface area (Å²) >= 11 is 0. The van der Waals surface area contributed by atoms with Crippen molar-refractivity contribution < 1.29 is 9.53 Å². The van der Waals surface area contributed by atoms with Crippen molar-refractivity contribution in [1.82, 2.24) is 14.9 Å². The molecule has 24 heavy (non-hydrogen) atoms. The van der Waals surface area contributed by atoms with Crippen molar-refractivity contribution in [2.24, 2.45) is 0 Å². The first-order valence-corrected chi connectivity index (χ1v) is 7.79. The summed E-state index contributed by atoms with van der Waals surface area (Å²) in [7, 11) is 1.50. The quantitative estimate of drug-likeness (QED) is 0.784. The Morgan fingerprint density at radius 3 is 2.42 bits per heavy atom. The summed E-state index contributed by atoms with van der Waals surface area (Å²) in [6.45, 7) is 0.546.